The molecule has 4 heteroatoms. The van der Waals surface area contributed by atoms with E-state index in [9.17, 15) is 9.59 Å². The third-order valence-corrected chi connectivity index (χ3v) is 6.34. The molecule has 1 aromatic rings. The molecule has 2 fully saturated rings. The molecule has 0 aliphatic heterocycles. The van der Waals surface area contributed by atoms with Gasteiger partial charge in [0.15, 0.2) is 0 Å². The van der Waals surface area contributed by atoms with Gasteiger partial charge in [-0.1, -0.05) is 36.3 Å². The Morgan fingerprint density at radius 3 is 2.62 bits per heavy atom. The zero-order valence-electron chi connectivity index (χ0n) is 15.4. The van der Waals surface area contributed by atoms with Crippen LogP contribution in [0.5, 0.6) is 5.75 Å². The minimum Gasteiger partial charge on any atom is -0.497 e. The first-order chi connectivity index (χ1) is 12.7. The van der Waals surface area contributed by atoms with Gasteiger partial charge in [-0.2, -0.15) is 0 Å². The minimum absolute atomic E-state index is 0.103. The molecule has 4 unspecified atom stereocenters. The van der Waals surface area contributed by atoms with Crippen molar-refractivity contribution in [3.8, 4) is 5.75 Å². The fraction of sp³-hybridized carbons (Fsp3) is 0.455. The molecule has 1 aromatic carbocycles. The maximum absolute atomic E-state index is 13.3. The van der Waals surface area contributed by atoms with E-state index in [0.717, 1.165) is 0 Å². The van der Waals surface area contributed by atoms with Gasteiger partial charge in [-0.25, -0.2) is 0 Å². The lowest BCUT2D eigenvalue weighted by Crippen LogP contribution is -2.39. The molecule has 0 saturated heterocycles. The van der Waals surface area contributed by atoms with Crippen molar-refractivity contribution < 1.29 is 14.3 Å². The maximum Gasteiger partial charge on any atom is 0.237 e. The summed E-state index contributed by atoms with van der Waals surface area (Å²) in [4.78, 5) is 26.4. The number of fused-ring (bicyclic) bond motifs is 2. The van der Waals surface area contributed by atoms with Gasteiger partial charge in [-0.05, 0) is 43.7 Å². The summed E-state index contributed by atoms with van der Waals surface area (Å²) in [6.45, 7) is 2.15. The van der Waals surface area contributed by atoms with E-state index in [-0.39, 0.29) is 23.7 Å². The first-order valence-electron chi connectivity index (χ1n) is 9.48. The predicted molar refractivity (Wildman–Crippen MR) is 101 cm³/mol. The lowest BCUT2D eigenvalue weighted by molar-refractivity contribution is -0.126. The number of hydrogen-bond donors (Lipinski definition) is 0. The predicted octanol–water partition coefficient (Wildman–Crippen LogP) is 4.12. The summed E-state index contributed by atoms with van der Waals surface area (Å²) in [5, 5.41) is 0. The number of rotatable bonds is 4. The van der Waals surface area contributed by atoms with Crippen LogP contribution in [0.1, 0.15) is 32.6 Å². The summed E-state index contributed by atoms with van der Waals surface area (Å²) < 4.78 is 5.24. The average Bonchev–Trinajstić information content (AvgIpc) is 3.37. The van der Waals surface area contributed by atoms with Crippen molar-refractivity contribution in [2.75, 3.05) is 12.0 Å². The van der Waals surface area contributed by atoms with E-state index in [4.69, 9.17) is 4.74 Å². The molecule has 2 saturated carbocycles. The largest absolute Gasteiger partial charge is 0.497 e. The molecule has 4 atom stereocenters. The Balaban J connectivity index is 1.66. The number of imide groups is 1. The number of hydrogen-bond acceptors (Lipinski definition) is 3. The second-order valence-corrected chi connectivity index (χ2v) is 7.60. The first-order valence-corrected chi connectivity index (χ1v) is 9.48. The SMILES string of the molecule is COc1cccc(N(C=O)C(=O)C2C3C=CC(C3=C3CCCC3)C2C)c1. The number of methoxy groups -OCH3 is 1. The Bertz CT molecular complexity index is 786. The van der Waals surface area contributed by atoms with Gasteiger partial charge in [0.05, 0.1) is 18.7 Å². The summed E-state index contributed by atoms with van der Waals surface area (Å²) in [6, 6.07) is 7.12. The van der Waals surface area contributed by atoms with Crippen LogP contribution in [0.3, 0.4) is 0 Å². The third kappa shape index (κ3) is 2.59. The molecule has 136 valence electrons. The second kappa shape index (κ2) is 6.75. The number of carbonyl (C=O) groups excluding carboxylic acids is 2. The standard InChI is InChI=1S/C22H25NO3/c1-14-18-10-11-19(21(18)15-6-3-4-7-15)20(14)22(25)23(13-24)16-8-5-9-17(12-16)26-2/h5,8-14,18-20H,3-4,6-7H2,1-2H3. The summed E-state index contributed by atoms with van der Waals surface area (Å²) >= 11 is 0. The Morgan fingerprint density at radius 1 is 1.19 bits per heavy atom. The van der Waals surface area contributed by atoms with Gasteiger partial charge in [0.1, 0.15) is 5.75 Å². The van der Waals surface area contributed by atoms with E-state index >= 15 is 0 Å². The lowest BCUT2D eigenvalue weighted by atomic mass is 9.83. The Kier molecular flexibility index (Phi) is 4.43. The quantitative estimate of drug-likeness (QED) is 0.605. The van der Waals surface area contributed by atoms with Crippen LogP contribution < -0.4 is 9.64 Å². The summed E-state index contributed by atoms with van der Waals surface area (Å²) in [6.07, 6.45) is 9.97. The molecule has 2 bridgehead atoms. The van der Waals surface area contributed by atoms with Crippen molar-refractivity contribution in [1.29, 1.82) is 0 Å². The Hall–Kier alpha value is -2.36. The van der Waals surface area contributed by atoms with E-state index in [2.05, 4.69) is 19.1 Å². The van der Waals surface area contributed by atoms with E-state index < -0.39 is 0 Å². The van der Waals surface area contributed by atoms with Gasteiger partial charge in [-0.15, -0.1) is 0 Å². The van der Waals surface area contributed by atoms with Crippen LogP contribution in [-0.4, -0.2) is 19.4 Å². The number of carbonyl (C=O) groups is 2. The molecule has 0 N–H and O–H groups in total. The fourth-order valence-corrected chi connectivity index (χ4v) is 5.09. The molecule has 4 rings (SSSR count). The highest BCUT2D eigenvalue weighted by atomic mass is 16.5. The highest BCUT2D eigenvalue weighted by Crippen LogP contribution is 2.55. The average molecular weight is 351 g/mol. The zero-order chi connectivity index (χ0) is 18.3. The third-order valence-electron chi connectivity index (χ3n) is 6.34. The number of amides is 2. The molecule has 26 heavy (non-hydrogen) atoms. The van der Waals surface area contributed by atoms with Gasteiger partial charge in [0, 0.05) is 17.9 Å². The van der Waals surface area contributed by atoms with E-state index in [1.165, 1.54) is 36.2 Å². The normalized spacial score (nSPS) is 29.3. The van der Waals surface area contributed by atoms with Gasteiger partial charge < -0.3 is 4.74 Å². The van der Waals surface area contributed by atoms with E-state index in [1.807, 2.05) is 6.07 Å². The summed E-state index contributed by atoms with van der Waals surface area (Å²) in [7, 11) is 1.58. The van der Waals surface area contributed by atoms with Crippen molar-refractivity contribution in [1.82, 2.24) is 0 Å². The number of allylic oxidation sites excluding steroid dienone is 4. The molecule has 3 aliphatic rings. The molecule has 0 aromatic heterocycles. The van der Waals surface area contributed by atoms with Crippen molar-refractivity contribution in [3.63, 3.8) is 0 Å². The van der Waals surface area contributed by atoms with Crippen LogP contribution in [0.2, 0.25) is 0 Å². The molecular formula is C22H25NO3. The molecule has 3 aliphatic carbocycles. The number of nitrogens with zero attached hydrogens (tertiary/aromatic N) is 1. The monoisotopic (exact) mass is 351 g/mol. The van der Waals surface area contributed by atoms with Gasteiger partial charge in [0.25, 0.3) is 0 Å². The Labute approximate surface area is 154 Å². The van der Waals surface area contributed by atoms with Crippen molar-refractivity contribution in [2.45, 2.75) is 32.6 Å². The van der Waals surface area contributed by atoms with Crippen molar-refractivity contribution in [3.05, 3.63) is 47.6 Å². The Morgan fingerprint density at radius 2 is 1.92 bits per heavy atom. The number of benzene rings is 1. The van der Waals surface area contributed by atoms with Gasteiger partial charge in [-0.3, -0.25) is 14.5 Å². The van der Waals surface area contributed by atoms with Crippen LogP contribution in [0.4, 0.5) is 5.69 Å². The second-order valence-electron chi connectivity index (χ2n) is 7.60. The summed E-state index contributed by atoms with van der Waals surface area (Å²) in [5.74, 6) is 1.12. The molecule has 2 amide bonds. The van der Waals surface area contributed by atoms with E-state index in [0.29, 0.717) is 23.8 Å². The highest BCUT2D eigenvalue weighted by Gasteiger charge is 2.51. The van der Waals surface area contributed by atoms with Crippen LogP contribution in [-0.2, 0) is 9.59 Å². The van der Waals surface area contributed by atoms with Crippen LogP contribution in [0, 0.1) is 23.7 Å². The molecule has 0 spiro atoms. The van der Waals surface area contributed by atoms with Crippen LogP contribution in [0.25, 0.3) is 0 Å². The van der Waals surface area contributed by atoms with Crippen molar-refractivity contribution in [2.24, 2.45) is 23.7 Å². The summed E-state index contributed by atoms with van der Waals surface area (Å²) in [5.41, 5.74) is 3.61. The number of ether oxygens (including phenoxy) is 1. The van der Waals surface area contributed by atoms with Crippen molar-refractivity contribution >= 4 is 18.0 Å². The topological polar surface area (TPSA) is 46.6 Å². The fourth-order valence-electron chi connectivity index (χ4n) is 5.09. The minimum atomic E-state index is -0.162. The van der Waals surface area contributed by atoms with Gasteiger partial charge >= 0.3 is 0 Å². The lowest BCUT2D eigenvalue weighted by Gasteiger charge is -2.27. The molecule has 4 nitrogen and oxygen atoms in total. The molecular weight excluding hydrogens is 326 g/mol. The smallest absolute Gasteiger partial charge is 0.237 e. The van der Waals surface area contributed by atoms with Crippen LogP contribution in [0.15, 0.2) is 47.6 Å². The van der Waals surface area contributed by atoms with Crippen LogP contribution >= 0.6 is 0 Å². The highest BCUT2D eigenvalue weighted by molar-refractivity contribution is 6.08. The zero-order valence-corrected chi connectivity index (χ0v) is 15.4. The molecule has 0 radical (unpaired) electrons. The number of anilines is 1. The van der Waals surface area contributed by atoms with E-state index in [1.54, 1.807) is 30.9 Å². The first kappa shape index (κ1) is 17.1. The molecule has 0 heterocycles. The maximum atomic E-state index is 13.3. The van der Waals surface area contributed by atoms with Gasteiger partial charge in [0.2, 0.25) is 12.3 Å².